The lowest BCUT2D eigenvalue weighted by Crippen LogP contribution is -2.43. The Hall–Kier alpha value is -2.78. The molecular weight excluding hydrogens is 467 g/mol. The first kappa shape index (κ1) is 25.3. The van der Waals surface area contributed by atoms with Crippen LogP contribution in [-0.4, -0.2) is 68.8 Å². The summed E-state index contributed by atoms with van der Waals surface area (Å²) in [5.74, 6) is -0.381. The van der Waals surface area contributed by atoms with Crippen LogP contribution in [0, 0.1) is 11.7 Å². The summed E-state index contributed by atoms with van der Waals surface area (Å²) in [7, 11) is 3.40. The van der Waals surface area contributed by atoms with Gasteiger partial charge in [0.25, 0.3) is 0 Å². The van der Waals surface area contributed by atoms with E-state index in [1.165, 1.54) is 22.7 Å². The Bertz CT molecular complexity index is 1140. The van der Waals surface area contributed by atoms with E-state index >= 15 is 0 Å². The van der Waals surface area contributed by atoms with Crippen LogP contribution in [0.1, 0.15) is 43.5 Å². The zero-order valence-corrected chi connectivity index (χ0v) is 21.1. The molecule has 2 aliphatic rings. The zero-order chi connectivity index (χ0) is 25.1. The van der Waals surface area contributed by atoms with Crippen molar-refractivity contribution in [1.82, 2.24) is 19.6 Å². The Morgan fingerprint density at radius 2 is 1.94 bits per heavy atom. The van der Waals surface area contributed by atoms with Crippen molar-refractivity contribution >= 4 is 34.6 Å². The molecule has 2 heterocycles. The van der Waals surface area contributed by atoms with E-state index < -0.39 is 6.04 Å². The maximum atomic E-state index is 14.8. The van der Waals surface area contributed by atoms with Crippen molar-refractivity contribution < 1.29 is 18.8 Å². The average molecular weight is 499 g/mol. The second-order valence-electron chi connectivity index (χ2n) is 9.40. The number of rotatable bonds is 8. The second kappa shape index (κ2) is 10.9. The molecule has 35 heavy (non-hydrogen) atoms. The number of carbonyl (C=O) groups is 3. The molecule has 1 saturated heterocycles. The van der Waals surface area contributed by atoms with Gasteiger partial charge in [-0.1, -0.05) is 30.0 Å². The summed E-state index contributed by atoms with van der Waals surface area (Å²) in [5, 5.41) is 4.49. The van der Waals surface area contributed by atoms with Gasteiger partial charge in [0, 0.05) is 57.0 Å². The molecule has 1 aromatic heterocycles. The summed E-state index contributed by atoms with van der Waals surface area (Å²) in [5.41, 5.74) is 2.05. The van der Waals surface area contributed by atoms with E-state index in [-0.39, 0.29) is 40.3 Å². The molecule has 7 nitrogen and oxygen atoms in total. The number of hydrogen-bond donors (Lipinski definition) is 0. The summed E-state index contributed by atoms with van der Waals surface area (Å²) in [6.45, 7) is 2.71. The predicted molar refractivity (Wildman–Crippen MR) is 134 cm³/mol. The molecule has 1 aliphatic heterocycles. The van der Waals surface area contributed by atoms with Crippen LogP contribution in [0.15, 0.2) is 42.1 Å². The number of thioether (sulfide) groups is 1. The van der Waals surface area contributed by atoms with Crippen molar-refractivity contribution in [3.05, 3.63) is 59.2 Å². The summed E-state index contributed by atoms with van der Waals surface area (Å²) in [4.78, 5) is 40.8. The molecule has 2 atom stereocenters. The fourth-order valence-electron chi connectivity index (χ4n) is 4.41. The van der Waals surface area contributed by atoms with E-state index in [1.54, 1.807) is 50.1 Å². The van der Waals surface area contributed by atoms with E-state index in [9.17, 15) is 18.8 Å². The first-order valence-electron chi connectivity index (χ1n) is 11.9. The molecule has 0 spiro atoms. The summed E-state index contributed by atoms with van der Waals surface area (Å²) >= 11 is 1.28. The van der Waals surface area contributed by atoms with E-state index in [2.05, 4.69) is 5.10 Å². The highest BCUT2D eigenvalue weighted by molar-refractivity contribution is 8.14. The third-order valence-corrected chi connectivity index (χ3v) is 7.55. The van der Waals surface area contributed by atoms with Crippen molar-refractivity contribution in [3.8, 4) is 0 Å². The van der Waals surface area contributed by atoms with E-state index in [0.29, 0.717) is 30.8 Å². The lowest BCUT2D eigenvalue weighted by Gasteiger charge is -2.38. The maximum Gasteiger partial charge on any atom is 0.243 e. The lowest BCUT2D eigenvalue weighted by atomic mass is 9.93. The highest BCUT2D eigenvalue weighted by Crippen LogP contribution is 2.40. The Kier molecular flexibility index (Phi) is 7.86. The molecule has 0 bridgehead atoms. The quantitative estimate of drug-likeness (QED) is 0.554. The number of aromatic nitrogens is 2. The number of ketones is 1. The number of benzene rings is 1. The normalized spacial score (nSPS) is 20.6. The molecule has 2 unspecified atom stereocenters. The summed E-state index contributed by atoms with van der Waals surface area (Å²) in [6, 6.07) is 7.68. The van der Waals surface area contributed by atoms with Crippen LogP contribution >= 0.6 is 11.8 Å². The van der Waals surface area contributed by atoms with Crippen molar-refractivity contribution in [3.63, 3.8) is 0 Å². The Labute approximate surface area is 209 Å². The Balaban J connectivity index is 1.62. The van der Waals surface area contributed by atoms with Gasteiger partial charge in [0.2, 0.25) is 5.91 Å². The molecule has 1 saturated carbocycles. The largest absolute Gasteiger partial charge is 0.347 e. The van der Waals surface area contributed by atoms with Gasteiger partial charge in [-0.25, -0.2) is 4.39 Å². The third-order valence-electron chi connectivity index (χ3n) is 6.39. The zero-order valence-electron chi connectivity index (χ0n) is 20.3. The highest BCUT2D eigenvalue weighted by atomic mass is 32.2. The van der Waals surface area contributed by atoms with Crippen LogP contribution in [0.3, 0.4) is 0 Å². The fourth-order valence-corrected chi connectivity index (χ4v) is 5.33. The maximum absolute atomic E-state index is 14.8. The molecule has 2 aromatic rings. The number of likely N-dealkylation sites (tertiary alicyclic amines) is 1. The molecule has 1 amide bonds. The van der Waals surface area contributed by atoms with E-state index in [0.717, 1.165) is 18.4 Å². The minimum atomic E-state index is -0.648. The average Bonchev–Trinajstić information content (AvgIpc) is 3.57. The summed E-state index contributed by atoms with van der Waals surface area (Å²) in [6.07, 6.45) is 6.06. The van der Waals surface area contributed by atoms with Gasteiger partial charge in [-0.3, -0.25) is 24.0 Å². The highest BCUT2D eigenvalue weighted by Gasteiger charge is 2.41. The minimum absolute atomic E-state index is 0.0127. The molecule has 0 radical (unpaired) electrons. The van der Waals surface area contributed by atoms with Gasteiger partial charge in [0.05, 0.1) is 11.7 Å². The predicted octanol–water partition coefficient (Wildman–Crippen LogP) is 3.57. The molecule has 2 fully saturated rings. The van der Waals surface area contributed by atoms with Crippen LogP contribution < -0.4 is 0 Å². The Morgan fingerprint density at radius 3 is 2.60 bits per heavy atom. The van der Waals surface area contributed by atoms with Crippen LogP contribution in [0.25, 0.3) is 6.08 Å². The molecule has 1 aliphatic carbocycles. The first-order chi connectivity index (χ1) is 16.7. The smallest absolute Gasteiger partial charge is 0.243 e. The first-order valence-corrected chi connectivity index (χ1v) is 12.7. The number of piperidine rings is 1. The van der Waals surface area contributed by atoms with Crippen molar-refractivity contribution in [2.45, 2.75) is 44.0 Å². The van der Waals surface area contributed by atoms with Gasteiger partial charge in [-0.2, -0.15) is 5.10 Å². The molecule has 186 valence electrons. The molecule has 4 rings (SSSR count). The van der Waals surface area contributed by atoms with Gasteiger partial charge < -0.3 is 4.90 Å². The van der Waals surface area contributed by atoms with Crippen LogP contribution in [-0.2, 0) is 20.9 Å². The number of hydrogen-bond acceptors (Lipinski definition) is 6. The van der Waals surface area contributed by atoms with Gasteiger partial charge in [-0.15, -0.1) is 0 Å². The molecule has 1 aromatic carbocycles. The fraction of sp³-hybridized carbons (Fsp3) is 0.462. The van der Waals surface area contributed by atoms with Crippen LogP contribution in [0.4, 0.5) is 4.39 Å². The van der Waals surface area contributed by atoms with Gasteiger partial charge >= 0.3 is 0 Å². The monoisotopic (exact) mass is 498 g/mol. The van der Waals surface area contributed by atoms with Crippen LogP contribution in [0.5, 0.6) is 0 Å². The lowest BCUT2D eigenvalue weighted by molar-refractivity contribution is -0.129. The van der Waals surface area contributed by atoms with Gasteiger partial charge in [0.15, 0.2) is 10.9 Å². The third kappa shape index (κ3) is 6.27. The number of likely N-dealkylation sites (N-methyl/N-ethyl adjacent to an activating group) is 1. The number of halogens is 1. The second-order valence-corrected chi connectivity index (χ2v) is 10.8. The number of Topliss-reactive ketones (excluding diaryl/α,β-unsaturated/α-hetero) is 1. The van der Waals surface area contributed by atoms with Gasteiger partial charge in [-0.05, 0) is 43.0 Å². The number of carbonyl (C=O) groups excluding carboxylic acids is 3. The standard InChI is InChI=1S/C26H31FN4O3S/c1-17(32)35-23-11-12-30(25(26(34)18-8-9-18)21-6-4-5-7-22(21)27)15-19(23)14-20-10-13-31(28-20)16-24(33)29(2)3/h4-7,10,13-14,18,23,25H,8-9,11-12,15-16H2,1-3H3. The number of nitrogens with zero attached hydrogens (tertiary/aromatic N) is 4. The Morgan fingerprint density at radius 1 is 1.20 bits per heavy atom. The number of amides is 1. The molecule has 9 heteroatoms. The topological polar surface area (TPSA) is 75.5 Å². The van der Waals surface area contributed by atoms with E-state index in [4.69, 9.17) is 0 Å². The van der Waals surface area contributed by atoms with Crippen molar-refractivity contribution in [2.75, 3.05) is 27.2 Å². The molecule has 0 N–H and O–H groups in total. The summed E-state index contributed by atoms with van der Waals surface area (Å²) < 4.78 is 16.4. The molecular formula is C26H31FN4O3S. The van der Waals surface area contributed by atoms with Gasteiger partial charge in [0.1, 0.15) is 12.4 Å². The van der Waals surface area contributed by atoms with Crippen molar-refractivity contribution in [2.24, 2.45) is 5.92 Å². The van der Waals surface area contributed by atoms with Crippen LogP contribution in [0.2, 0.25) is 0 Å². The van der Waals surface area contributed by atoms with E-state index in [1.807, 2.05) is 17.0 Å². The minimum Gasteiger partial charge on any atom is -0.347 e. The van der Waals surface area contributed by atoms with Crippen molar-refractivity contribution in [1.29, 1.82) is 0 Å². The SMILES string of the molecule is CC(=O)SC1CCN(C(C(=O)C2CC2)c2ccccc2F)CC1=Cc1ccn(CC(=O)N(C)C)n1.